The molecule has 0 heterocycles. The second-order valence-corrected chi connectivity index (χ2v) is 9.96. The Bertz CT molecular complexity index is 1370. The number of aliphatic hydroxyl groups is 3. The van der Waals surface area contributed by atoms with E-state index in [1.807, 2.05) is 6.07 Å². The largest absolute Gasteiger partial charge is 0.508 e. The van der Waals surface area contributed by atoms with E-state index in [1.165, 1.54) is 31.1 Å². The van der Waals surface area contributed by atoms with Crippen molar-refractivity contribution >= 4 is 29.0 Å². The van der Waals surface area contributed by atoms with E-state index in [0.717, 1.165) is 0 Å². The number of fused-ring (bicyclic) bond motifs is 3. The van der Waals surface area contributed by atoms with E-state index in [0.29, 0.717) is 12.1 Å². The zero-order chi connectivity index (χ0) is 28.1. The number of aliphatic hydroxyl groups excluding tert-OH is 2. The highest BCUT2D eigenvalue weighted by Gasteiger charge is 2.64. The molecule has 12 nitrogen and oxygen atoms in total. The van der Waals surface area contributed by atoms with Gasteiger partial charge in [-0.3, -0.25) is 24.1 Å². The fourth-order valence-corrected chi connectivity index (χ4v) is 5.95. The molecule has 0 unspecified atom stereocenters. The number of likely N-dealkylation sites (N-methyl/N-ethyl adjacent to an activating group) is 1. The molecule has 3 aliphatic carbocycles. The van der Waals surface area contributed by atoms with Crippen molar-refractivity contribution in [1.29, 1.82) is 5.26 Å². The van der Waals surface area contributed by atoms with Gasteiger partial charge in [0.2, 0.25) is 5.78 Å². The van der Waals surface area contributed by atoms with E-state index < -0.39 is 63.8 Å². The molecule has 4 atom stereocenters. The average Bonchev–Trinajstić information content (AvgIpc) is 2.83. The molecule has 38 heavy (non-hydrogen) atoms. The Morgan fingerprint density at radius 3 is 2.53 bits per heavy atom. The Morgan fingerprint density at radius 1 is 1.24 bits per heavy atom. The van der Waals surface area contributed by atoms with Gasteiger partial charge in [0.15, 0.2) is 17.2 Å². The number of hydrogen-bond acceptors (Lipinski definition) is 11. The number of benzene rings is 1. The Hall–Kier alpha value is -4.05. The first-order valence-electron chi connectivity index (χ1n) is 12.0. The zero-order valence-electron chi connectivity index (χ0n) is 20.8. The fourth-order valence-electron chi connectivity index (χ4n) is 5.95. The number of ketones is 3. The van der Waals surface area contributed by atoms with Gasteiger partial charge in [0.25, 0.3) is 5.91 Å². The van der Waals surface area contributed by atoms with Gasteiger partial charge >= 0.3 is 0 Å². The van der Waals surface area contributed by atoms with Crippen LogP contribution in [0.5, 0.6) is 5.75 Å². The molecule has 3 aliphatic rings. The Balaban J connectivity index is 1.86. The minimum Gasteiger partial charge on any atom is -0.508 e. The van der Waals surface area contributed by atoms with Crippen LogP contribution in [-0.4, -0.2) is 87.4 Å². The summed E-state index contributed by atoms with van der Waals surface area (Å²) in [4.78, 5) is 53.3. The second-order valence-electron chi connectivity index (χ2n) is 9.96. The van der Waals surface area contributed by atoms with Gasteiger partial charge in [0.1, 0.15) is 22.8 Å². The van der Waals surface area contributed by atoms with Crippen molar-refractivity contribution < 1.29 is 39.6 Å². The minimum absolute atomic E-state index is 0.0161. The molecule has 0 spiro atoms. The SMILES string of the molecule is CN(C)[C@@H]1C(=O)C(C(N)=O)=C(O)[C@@]2(O)C(=O)C3=C(O)c4c(O)ccc(C(=O)CNCCC#N)c4C[C@H]3C[C@@H]12. The maximum Gasteiger partial charge on any atom is 0.255 e. The molecule has 0 saturated heterocycles. The van der Waals surface area contributed by atoms with Crippen LogP contribution < -0.4 is 11.1 Å². The van der Waals surface area contributed by atoms with Crippen LogP contribution in [0, 0.1) is 23.2 Å². The zero-order valence-corrected chi connectivity index (χ0v) is 20.8. The summed E-state index contributed by atoms with van der Waals surface area (Å²) in [5, 5.41) is 55.8. The van der Waals surface area contributed by atoms with Crippen molar-refractivity contribution in [2.45, 2.75) is 30.9 Å². The molecule has 12 heteroatoms. The molecule has 0 bridgehead atoms. The third-order valence-corrected chi connectivity index (χ3v) is 7.60. The lowest BCUT2D eigenvalue weighted by Crippen LogP contribution is -2.65. The van der Waals surface area contributed by atoms with Gasteiger partial charge in [-0.05, 0) is 50.6 Å². The summed E-state index contributed by atoms with van der Waals surface area (Å²) in [6.07, 6.45) is 0.143. The number of amides is 1. The molecular weight excluding hydrogens is 496 g/mol. The molecule has 0 aliphatic heterocycles. The minimum atomic E-state index is -2.72. The molecule has 200 valence electrons. The highest BCUT2D eigenvalue weighted by Crippen LogP contribution is 2.52. The topological polar surface area (TPSA) is 214 Å². The molecule has 1 amide bonds. The van der Waals surface area contributed by atoms with Crippen molar-refractivity contribution in [3.63, 3.8) is 0 Å². The molecule has 1 saturated carbocycles. The summed E-state index contributed by atoms with van der Waals surface area (Å²) in [6.45, 7) is 0.188. The predicted octanol–water partition coefficient (Wildman–Crippen LogP) is -0.350. The normalized spacial score (nSPS) is 26.6. The first kappa shape index (κ1) is 27.0. The predicted molar refractivity (Wildman–Crippen MR) is 132 cm³/mol. The number of nitrogens with zero attached hydrogens (tertiary/aromatic N) is 2. The number of phenols is 1. The molecule has 1 aromatic carbocycles. The van der Waals surface area contributed by atoms with E-state index in [9.17, 15) is 39.6 Å². The van der Waals surface area contributed by atoms with Crippen LogP contribution in [0.15, 0.2) is 29.0 Å². The molecular formula is C26H28N4O8. The third kappa shape index (κ3) is 3.87. The van der Waals surface area contributed by atoms with Crippen LogP contribution in [0.25, 0.3) is 5.76 Å². The van der Waals surface area contributed by atoms with E-state index in [-0.39, 0.29) is 48.3 Å². The fraction of sp³-hybridized carbons (Fsp3) is 0.423. The van der Waals surface area contributed by atoms with Gasteiger partial charge < -0.3 is 31.5 Å². The maximum atomic E-state index is 13.8. The van der Waals surface area contributed by atoms with Crippen LogP contribution in [0.3, 0.4) is 0 Å². The van der Waals surface area contributed by atoms with Gasteiger partial charge in [-0.2, -0.15) is 5.26 Å². The summed E-state index contributed by atoms with van der Waals surface area (Å²) in [7, 11) is 3.03. The molecule has 0 aromatic heterocycles. The highest BCUT2D eigenvalue weighted by atomic mass is 16.3. The number of rotatable bonds is 7. The number of nitriles is 1. The summed E-state index contributed by atoms with van der Waals surface area (Å²) in [5.74, 6) is -7.84. The quantitative estimate of drug-likeness (QED) is 0.154. The number of carbonyl (C=O) groups is 4. The van der Waals surface area contributed by atoms with Gasteiger partial charge in [-0.1, -0.05) is 0 Å². The van der Waals surface area contributed by atoms with Crippen LogP contribution in [-0.2, 0) is 20.8 Å². The van der Waals surface area contributed by atoms with Crippen molar-refractivity contribution in [2.24, 2.45) is 17.6 Å². The smallest absolute Gasteiger partial charge is 0.255 e. The van der Waals surface area contributed by atoms with Crippen molar-refractivity contribution in [1.82, 2.24) is 10.2 Å². The highest BCUT2D eigenvalue weighted by molar-refractivity contribution is 6.24. The second kappa shape index (κ2) is 9.68. The number of nitrogens with two attached hydrogens (primary N) is 1. The van der Waals surface area contributed by atoms with Gasteiger partial charge in [-0.25, -0.2) is 0 Å². The Labute approximate surface area is 217 Å². The van der Waals surface area contributed by atoms with Crippen molar-refractivity contribution in [3.05, 3.63) is 45.7 Å². The lowest BCUT2D eigenvalue weighted by atomic mass is 9.57. The summed E-state index contributed by atoms with van der Waals surface area (Å²) in [6, 6.07) is 3.37. The number of phenolic OH excluding ortho intramolecular Hbond substituents is 1. The lowest BCUT2D eigenvalue weighted by Gasteiger charge is -2.50. The van der Waals surface area contributed by atoms with Gasteiger partial charge in [-0.15, -0.1) is 0 Å². The Morgan fingerprint density at radius 2 is 1.92 bits per heavy atom. The van der Waals surface area contributed by atoms with Crippen LogP contribution in [0.2, 0.25) is 0 Å². The number of carbonyl (C=O) groups excluding carboxylic acids is 4. The van der Waals surface area contributed by atoms with Crippen molar-refractivity contribution in [3.8, 4) is 11.8 Å². The molecule has 1 aromatic rings. The van der Waals surface area contributed by atoms with Crippen LogP contribution in [0.1, 0.15) is 34.3 Å². The number of aromatic hydroxyl groups is 1. The van der Waals surface area contributed by atoms with E-state index in [1.54, 1.807) is 0 Å². The number of hydrogen-bond donors (Lipinski definition) is 6. The summed E-state index contributed by atoms with van der Waals surface area (Å²) < 4.78 is 0. The number of Topliss-reactive ketones (excluding diaryl/α,β-unsaturated/α-hetero) is 3. The molecule has 4 rings (SSSR count). The molecule has 1 fully saturated rings. The standard InChI is InChI=1S/C26H28N4O8/c1-30(2)20-14-9-11-8-13-12(16(32)10-29-7-3-6-27)4-5-15(31)18(13)21(33)17(11)23(35)26(14,38)24(36)19(22(20)34)25(28)37/h4-5,11,14,20,29,31,33,36,38H,3,7-10H2,1-2H3,(H2,28,37)/t11-,14-,20-,26-/m0/s1. The first-order chi connectivity index (χ1) is 17.9. The van der Waals surface area contributed by atoms with E-state index >= 15 is 0 Å². The van der Waals surface area contributed by atoms with E-state index in [2.05, 4.69) is 5.32 Å². The van der Waals surface area contributed by atoms with Crippen LogP contribution >= 0.6 is 0 Å². The van der Waals surface area contributed by atoms with Crippen molar-refractivity contribution in [2.75, 3.05) is 27.2 Å². The Kier molecular flexibility index (Phi) is 6.88. The van der Waals surface area contributed by atoms with Gasteiger partial charge in [0.05, 0.1) is 24.2 Å². The third-order valence-electron chi connectivity index (χ3n) is 7.60. The monoisotopic (exact) mass is 524 g/mol. The molecule has 7 N–H and O–H groups in total. The average molecular weight is 525 g/mol. The number of primary amides is 1. The summed E-state index contributed by atoms with van der Waals surface area (Å²) in [5.41, 5.74) is 1.76. The van der Waals surface area contributed by atoms with Crippen LogP contribution in [0.4, 0.5) is 0 Å². The summed E-state index contributed by atoms with van der Waals surface area (Å²) >= 11 is 0. The molecule has 0 radical (unpaired) electrons. The van der Waals surface area contributed by atoms with E-state index in [4.69, 9.17) is 11.0 Å². The lowest BCUT2D eigenvalue weighted by molar-refractivity contribution is -0.153. The van der Waals surface area contributed by atoms with Gasteiger partial charge in [0, 0.05) is 30.0 Å². The number of nitrogens with one attached hydrogen (secondary N) is 1. The first-order valence-corrected chi connectivity index (χ1v) is 12.0. The maximum absolute atomic E-state index is 13.8.